The first-order chi connectivity index (χ1) is 7.70. The van der Waals surface area contributed by atoms with Gasteiger partial charge in [-0.25, -0.2) is 0 Å². The highest BCUT2D eigenvalue weighted by atomic mass is 16.3. The van der Waals surface area contributed by atoms with Gasteiger partial charge in [-0.1, -0.05) is 23.8 Å². The molecule has 1 aliphatic carbocycles. The van der Waals surface area contributed by atoms with Crippen molar-refractivity contribution in [2.75, 3.05) is 13.2 Å². The van der Waals surface area contributed by atoms with Crippen LogP contribution in [-0.2, 0) is 6.54 Å². The third-order valence-electron chi connectivity index (χ3n) is 3.32. The number of aliphatic hydroxyl groups is 1. The van der Waals surface area contributed by atoms with Gasteiger partial charge in [-0.3, -0.25) is 4.90 Å². The van der Waals surface area contributed by atoms with Crippen molar-refractivity contribution in [3.63, 3.8) is 0 Å². The Labute approximate surface area is 97.9 Å². The molecule has 1 aliphatic rings. The molecule has 0 aromatic heterocycles. The van der Waals surface area contributed by atoms with Crippen molar-refractivity contribution in [2.24, 2.45) is 0 Å². The topological polar surface area (TPSA) is 23.5 Å². The number of aliphatic hydroxyl groups excluding tert-OH is 1. The van der Waals surface area contributed by atoms with Crippen molar-refractivity contribution in [3.8, 4) is 0 Å². The molecule has 1 aromatic rings. The number of hydrogen-bond donors (Lipinski definition) is 1. The third kappa shape index (κ3) is 2.83. The van der Waals surface area contributed by atoms with E-state index in [9.17, 15) is 0 Å². The maximum Gasteiger partial charge on any atom is 0.0558 e. The Morgan fingerprint density at radius 1 is 1.31 bits per heavy atom. The van der Waals surface area contributed by atoms with E-state index >= 15 is 0 Å². The van der Waals surface area contributed by atoms with Crippen molar-refractivity contribution in [1.29, 1.82) is 0 Å². The third-order valence-corrected chi connectivity index (χ3v) is 3.32. The Kier molecular flexibility index (Phi) is 3.62. The van der Waals surface area contributed by atoms with Gasteiger partial charge in [0, 0.05) is 19.1 Å². The summed E-state index contributed by atoms with van der Waals surface area (Å²) in [5, 5.41) is 9.06. The fourth-order valence-electron chi connectivity index (χ4n) is 2.20. The summed E-state index contributed by atoms with van der Waals surface area (Å²) in [6.07, 6.45) is 2.59. The summed E-state index contributed by atoms with van der Waals surface area (Å²) in [5.74, 6) is 0. The molecule has 0 heterocycles. The zero-order valence-electron chi connectivity index (χ0n) is 10.2. The minimum absolute atomic E-state index is 0.265. The first-order valence-electron chi connectivity index (χ1n) is 6.11. The molecule has 0 unspecified atom stereocenters. The first kappa shape index (κ1) is 11.6. The Hall–Kier alpha value is -0.860. The number of rotatable bonds is 5. The monoisotopic (exact) mass is 219 g/mol. The van der Waals surface area contributed by atoms with Gasteiger partial charge in [0.2, 0.25) is 0 Å². The summed E-state index contributed by atoms with van der Waals surface area (Å²) in [6, 6.07) is 7.34. The van der Waals surface area contributed by atoms with Gasteiger partial charge >= 0.3 is 0 Å². The second-order valence-corrected chi connectivity index (χ2v) is 4.86. The number of nitrogens with zero attached hydrogens (tertiary/aromatic N) is 1. The molecule has 2 nitrogen and oxygen atoms in total. The van der Waals surface area contributed by atoms with E-state index in [1.165, 1.54) is 29.5 Å². The van der Waals surface area contributed by atoms with Crippen molar-refractivity contribution in [2.45, 2.75) is 39.3 Å². The van der Waals surface area contributed by atoms with Crippen LogP contribution in [0.1, 0.15) is 29.5 Å². The Balaban J connectivity index is 2.05. The molecule has 2 heteroatoms. The van der Waals surface area contributed by atoms with E-state index in [0.717, 1.165) is 13.1 Å². The quantitative estimate of drug-likeness (QED) is 0.821. The van der Waals surface area contributed by atoms with Gasteiger partial charge in [-0.2, -0.15) is 0 Å². The average Bonchev–Trinajstić information content (AvgIpc) is 3.04. The second-order valence-electron chi connectivity index (χ2n) is 4.86. The molecule has 1 saturated carbocycles. The van der Waals surface area contributed by atoms with Gasteiger partial charge in [0.15, 0.2) is 0 Å². The molecule has 0 atom stereocenters. The Bertz CT molecular complexity index is 358. The molecule has 0 amide bonds. The van der Waals surface area contributed by atoms with Crippen LogP contribution in [0.5, 0.6) is 0 Å². The highest BCUT2D eigenvalue weighted by Gasteiger charge is 2.28. The van der Waals surface area contributed by atoms with E-state index < -0.39 is 0 Å². The molecule has 88 valence electrons. The summed E-state index contributed by atoms with van der Waals surface area (Å²) >= 11 is 0. The van der Waals surface area contributed by atoms with Crippen LogP contribution < -0.4 is 0 Å². The first-order valence-corrected chi connectivity index (χ1v) is 6.11. The maximum atomic E-state index is 9.06. The lowest BCUT2D eigenvalue weighted by molar-refractivity contribution is 0.183. The highest BCUT2D eigenvalue weighted by molar-refractivity contribution is 5.30. The Morgan fingerprint density at radius 2 is 2.06 bits per heavy atom. The fourth-order valence-corrected chi connectivity index (χ4v) is 2.20. The molecule has 0 bridgehead atoms. The fraction of sp³-hybridized carbons (Fsp3) is 0.571. The molecule has 1 aromatic carbocycles. The summed E-state index contributed by atoms with van der Waals surface area (Å²) in [5.41, 5.74) is 4.08. The molecule has 2 rings (SSSR count). The average molecular weight is 219 g/mol. The lowest BCUT2D eigenvalue weighted by atomic mass is 10.1. The lowest BCUT2D eigenvalue weighted by Crippen LogP contribution is -2.28. The van der Waals surface area contributed by atoms with Crippen molar-refractivity contribution < 1.29 is 5.11 Å². The van der Waals surface area contributed by atoms with Crippen LogP contribution in [0.25, 0.3) is 0 Å². The predicted octanol–water partition coefficient (Wildman–Crippen LogP) is 2.26. The molecular weight excluding hydrogens is 198 g/mol. The molecule has 0 aliphatic heterocycles. The highest BCUT2D eigenvalue weighted by Crippen LogP contribution is 2.28. The van der Waals surface area contributed by atoms with E-state index in [-0.39, 0.29) is 6.61 Å². The van der Waals surface area contributed by atoms with Crippen LogP contribution in [0, 0.1) is 13.8 Å². The number of aryl methyl sites for hydroxylation is 2. The van der Waals surface area contributed by atoms with Gasteiger partial charge in [0.1, 0.15) is 0 Å². The van der Waals surface area contributed by atoms with Crippen LogP contribution in [-0.4, -0.2) is 29.2 Å². The van der Waals surface area contributed by atoms with Gasteiger partial charge < -0.3 is 5.11 Å². The Morgan fingerprint density at radius 3 is 2.62 bits per heavy atom. The van der Waals surface area contributed by atoms with Crippen molar-refractivity contribution in [3.05, 3.63) is 34.9 Å². The van der Waals surface area contributed by atoms with Crippen LogP contribution in [0.15, 0.2) is 18.2 Å². The normalized spacial score (nSPS) is 15.8. The van der Waals surface area contributed by atoms with Crippen LogP contribution in [0.2, 0.25) is 0 Å². The van der Waals surface area contributed by atoms with Crippen LogP contribution >= 0.6 is 0 Å². The molecule has 0 radical (unpaired) electrons. The number of benzene rings is 1. The van der Waals surface area contributed by atoms with Gasteiger partial charge in [0.25, 0.3) is 0 Å². The standard InChI is InChI=1S/C14H21NO/c1-11-3-4-13(12(2)9-11)10-15(7-8-16)14-5-6-14/h3-4,9,14,16H,5-8,10H2,1-2H3. The molecule has 0 spiro atoms. The maximum absolute atomic E-state index is 9.06. The summed E-state index contributed by atoms with van der Waals surface area (Å²) in [6.45, 7) is 6.35. The smallest absolute Gasteiger partial charge is 0.0558 e. The zero-order chi connectivity index (χ0) is 11.5. The van der Waals surface area contributed by atoms with Crippen molar-refractivity contribution >= 4 is 0 Å². The van der Waals surface area contributed by atoms with E-state index in [2.05, 4.69) is 36.9 Å². The number of hydrogen-bond acceptors (Lipinski definition) is 2. The minimum atomic E-state index is 0.265. The molecule has 1 N–H and O–H groups in total. The molecule has 16 heavy (non-hydrogen) atoms. The summed E-state index contributed by atoms with van der Waals surface area (Å²) in [4.78, 5) is 2.40. The van der Waals surface area contributed by atoms with Gasteiger partial charge in [0.05, 0.1) is 6.61 Å². The van der Waals surface area contributed by atoms with E-state index in [1.807, 2.05) is 0 Å². The summed E-state index contributed by atoms with van der Waals surface area (Å²) < 4.78 is 0. The van der Waals surface area contributed by atoms with Gasteiger partial charge in [-0.05, 0) is 37.8 Å². The zero-order valence-corrected chi connectivity index (χ0v) is 10.2. The van der Waals surface area contributed by atoms with E-state index in [0.29, 0.717) is 6.04 Å². The SMILES string of the molecule is Cc1ccc(CN(CCO)C2CC2)c(C)c1. The second kappa shape index (κ2) is 4.98. The van der Waals surface area contributed by atoms with E-state index in [4.69, 9.17) is 5.11 Å². The van der Waals surface area contributed by atoms with Crippen molar-refractivity contribution in [1.82, 2.24) is 4.90 Å². The predicted molar refractivity (Wildman–Crippen MR) is 66.4 cm³/mol. The summed E-state index contributed by atoms with van der Waals surface area (Å²) in [7, 11) is 0. The van der Waals surface area contributed by atoms with Gasteiger partial charge in [-0.15, -0.1) is 0 Å². The van der Waals surface area contributed by atoms with E-state index in [1.54, 1.807) is 0 Å². The lowest BCUT2D eigenvalue weighted by Gasteiger charge is -2.22. The van der Waals surface area contributed by atoms with Crippen LogP contribution in [0.3, 0.4) is 0 Å². The van der Waals surface area contributed by atoms with Crippen LogP contribution in [0.4, 0.5) is 0 Å². The largest absolute Gasteiger partial charge is 0.395 e. The molecule has 1 fully saturated rings. The minimum Gasteiger partial charge on any atom is -0.395 e. The molecular formula is C14H21NO. The molecule has 0 saturated heterocycles.